The van der Waals surface area contributed by atoms with E-state index < -0.39 is 11.9 Å². The number of thiazole rings is 1. The Morgan fingerprint density at radius 2 is 2.10 bits per heavy atom. The Morgan fingerprint density at radius 1 is 1.29 bits per heavy atom. The summed E-state index contributed by atoms with van der Waals surface area (Å²) in [6.07, 6.45) is -0.712. The number of hydrogen-bond donors (Lipinski definition) is 1. The molecule has 0 aliphatic carbocycles. The minimum absolute atomic E-state index is 0.252. The normalized spacial score (nSPS) is 12.5. The van der Waals surface area contributed by atoms with Crippen LogP contribution in [0.15, 0.2) is 42.5 Å². The van der Waals surface area contributed by atoms with E-state index in [1.807, 2.05) is 24.3 Å². The average molecular weight is 303 g/mol. The summed E-state index contributed by atoms with van der Waals surface area (Å²) in [5.41, 5.74) is 1.49. The largest absolute Gasteiger partial charge is 0.486 e. The molecule has 21 heavy (non-hydrogen) atoms. The molecule has 0 unspecified atom stereocenters. The Hall–Kier alpha value is -1.98. The van der Waals surface area contributed by atoms with Gasteiger partial charge in [0.15, 0.2) is 0 Å². The molecule has 0 bridgehead atoms. The molecular formula is C16H14FNO2S. The van der Waals surface area contributed by atoms with E-state index in [1.165, 1.54) is 18.2 Å². The standard InChI is InChI=1S/C16H14FNO2S/c1-10(19)12-7-6-11(17)8-14(12)20-9-16-18-13-4-2-3-5-15(13)21-16/h2-8,10,19H,9H2,1H3/t10-/m1/s1. The summed E-state index contributed by atoms with van der Waals surface area (Å²) in [6.45, 7) is 1.88. The van der Waals surface area contributed by atoms with Crippen LogP contribution in [0.25, 0.3) is 10.2 Å². The van der Waals surface area contributed by atoms with Gasteiger partial charge in [-0.1, -0.05) is 12.1 Å². The maximum Gasteiger partial charge on any atom is 0.140 e. The van der Waals surface area contributed by atoms with Gasteiger partial charge in [0.2, 0.25) is 0 Å². The number of rotatable bonds is 4. The van der Waals surface area contributed by atoms with Crippen LogP contribution in [-0.2, 0) is 6.61 Å². The van der Waals surface area contributed by atoms with Crippen molar-refractivity contribution < 1.29 is 14.2 Å². The summed E-state index contributed by atoms with van der Waals surface area (Å²) in [7, 11) is 0. The van der Waals surface area contributed by atoms with E-state index in [-0.39, 0.29) is 6.61 Å². The first-order chi connectivity index (χ1) is 10.1. The number of nitrogens with zero attached hydrogens (tertiary/aromatic N) is 1. The number of aliphatic hydroxyl groups is 1. The van der Waals surface area contributed by atoms with Gasteiger partial charge in [-0.25, -0.2) is 9.37 Å². The molecule has 0 amide bonds. The van der Waals surface area contributed by atoms with Crippen LogP contribution in [0.2, 0.25) is 0 Å². The minimum atomic E-state index is -0.712. The molecule has 2 aromatic carbocycles. The van der Waals surface area contributed by atoms with Gasteiger partial charge in [-0.15, -0.1) is 11.3 Å². The number of para-hydroxylation sites is 1. The molecule has 0 saturated heterocycles. The predicted molar refractivity (Wildman–Crippen MR) is 81.0 cm³/mol. The van der Waals surface area contributed by atoms with Crippen molar-refractivity contribution in [1.82, 2.24) is 4.98 Å². The van der Waals surface area contributed by atoms with Crippen molar-refractivity contribution in [1.29, 1.82) is 0 Å². The van der Waals surface area contributed by atoms with Crippen molar-refractivity contribution in [3.05, 3.63) is 58.9 Å². The lowest BCUT2D eigenvalue weighted by Crippen LogP contribution is -2.01. The first-order valence-electron chi connectivity index (χ1n) is 6.58. The molecule has 5 heteroatoms. The van der Waals surface area contributed by atoms with Crippen LogP contribution in [0.4, 0.5) is 4.39 Å². The fourth-order valence-electron chi connectivity index (χ4n) is 2.10. The zero-order valence-corrected chi connectivity index (χ0v) is 12.2. The lowest BCUT2D eigenvalue weighted by molar-refractivity contribution is 0.190. The van der Waals surface area contributed by atoms with E-state index in [0.29, 0.717) is 11.3 Å². The van der Waals surface area contributed by atoms with Gasteiger partial charge in [0.05, 0.1) is 16.3 Å². The van der Waals surface area contributed by atoms with Gasteiger partial charge in [0, 0.05) is 11.6 Å². The average Bonchev–Trinajstić information content (AvgIpc) is 2.87. The molecule has 0 saturated carbocycles. The van der Waals surface area contributed by atoms with Gasteiger partial charge in [-0.3, -0.25) is 0 Å². The molecule has 0 aliphatic rings. The number of hydrogen-bond acceptors (Lipinski definition) is 4. The summed E-state index contributed by atoms with van der Waals surface area (Å²) in [6, 6.07) is 12.0. The molecule has 3 rings (SSSR count). The van der Waals surface area contributed by atoms with Crippen molar-refractivity contribution >= 4 is 21.6 Å². The summed E-state index contributed by atoms with van der Waals surface area (Å²) in [4.78, 5) is 4.46. The zero-order chi connectivity index (χ0) is 14.8. The first-order valence-corrected chi connectivity index (χ1v) is 7.40. The highest BCUT2D eigenvalue weighted by Crippen LogP contribution is 2.28. The maximum atomic E-state index is 13.3. The second-order valence-corrected chi connectivity index (χ2v) is 5.84. The van der Waals surface area contributed by atoms with E-state index in [0.717, 1.165) is 15.2 Å². The number of ether oxygens (including phenoxy) is 1. The van der Waals surface area contributed by atoms with Gasteiger partial charge in [0.1, 0.15) is 23.2 Å². The third-order valence-corrected chi connectivity index (χ3v) is 4.12. The third kappa shape index (κ3) is 3.04. The van der Waals surface area contributed by atoms with Gasteiger partial charge in [0.25, 0.3) is 0 Å². The molecule has 1 atom stereocenters. The monoisotopic (exact) mass is 303 g/mol. The molecule has 1 heterocycles. The number of aliphatic hydroxyl groups excluding tert-OH is 1. The summed E-state index contributed by atoms with van der Waals surface area (Å²) in [5, 5.41) is 10.5. The topological polar surface area (TPSA) is 42.4 Å². The van der Waals surface area contributed by atoms with Crippen LogP contribution in [-0.4, -0.2) is 10.1 Å². The van der Waals surface area contributed by atoms with Crippen LogP contribution in [0.3, 0.4) is 0 Å². The summed E-state index contributed by atoms with van der Waals surface area (Å²) < 4.78 is 20.1. The molecule has 0 fully saturated rings. The summed E-state index contributed by atoms with van der Waals surface area (Å²) >= 11 is 1.54. The lowest BCUT2D eigenvalue weighted by Gasteiger charge is -2.12. The SMILES string of the molecule is C[C@@H](O)c1ccc(F)cc1OCc1nc2ccccc2s1. The molecule has 108 valence electrons. The number of halogens is 1. The molecule has 1 aromatic heterocycles. The number of benzene rings is 2. The second-order valence-electron chi connectivity index (χ2n) is 4.72. The maximum absolute atomic E-state index is 13.3. The van der Waals surface area contributed by atoms with Crippen LogP contribution >= 0.6 is 11.3 Å². The van der Waals surface area contributed by atoms with Crippen molar-refractivity contribution in [3.63, 3.8) is 0 Å². The van der Waals surface area contributed by atoms with E-state index >= 15 is 0 Å². The number of fused-ring (bicyclic) bond motifs is 1. The Kier molecular flexibility index (Phi) is 3.86. The zero-order valence-electron chi connectivity index (χ0n) is 11.4. The minimum Gasteiger partial charge on any atom is -0.486 e. The van der Waals surface area contributed by atoms with E-state index in [2.05, 4.69) is 4.98 Å². The van der Waals surface area contributed by atoms with Gasteiger partial charge >= 0.3 is 0 Å². The van der Waals surface area contributed by atoms with Gasteiger partial charge < -0.3 is 9.84 Å². The fourth-order valence-corrected chi connectivity index (χ4v) is 2.98. The van der Waals surface area contributed by atoms with Crippen molar-refractivity contribution in [2.45, 2.75) is 19.6 Å². The van der Waals surface area contributed by atoms with Crippen LogP contribution < -0.4 is 4.74 Å². The molecule has 0 radical (unpaired) electrons. The second kappa shape index (κ2) is 5.79. The molecule has 0 aliphatic heterocycles. The Morgan fingerprint density at radius 3 is 2.86 bits per heavy atom. The smallest absolute Gasteiger partial charge is 0.140 e. The molecule has 3 nitrogen and oxygen atoms in total. The van der Waals surface area contributed by atoms with Gasteiger partial charge in [-0.2, -0.15) is 0 Å². The Balaban J connectivity index is 1.82. The van der Waals surface area contributed by atoms with Crippen LogP contribution in [0, 0.1) is 5.82 Å². The Labute approximate surface area is 125 Å². The van der Waals surface area contributed by atoms with E-state index in [4.69, 9.17) is 4.74 Å². The van der Waals surface area contributed by atoms with Gasteiger partial charge in [-0.05, 0) is 31.2 Å². The predicted octanol–water partition coefficient (Wildman–Crippen LogP) is 4.07. The molecule has 1 N–H and O–H groups in total. The number of aromatic nitrogens is 1. The van der Waals surface area contributed by atoms with Crippen molar-refractivity contribution in [2.75, 3.05) is 0 Å². The van der Waals surface area contributed by atoms with Crippen molar-refractivity contribution in [2.24, 2.45) is 0 Å². The summed E-state index contributed by atoms with van der Waals surface area (Å²) in [5.74, 6) is -0.0389. The fraction of sp³-hybridized carbons (Fsp3) is 0.188. The highest BCUT2D eigenvalue weighted by molar-refractivity contribution is 7.18. The van der Waals surface area contributed by atoms with E-state index in [1.54, 1.807) is 18.3 Å². The van der Waals surface area contributed by atoms with Crippen molar-refractivity contribution in [3.8, 4) is 5.75 Å². The van der Waals surface area contributed by atoms with Crippen LogP contribution in [0.5, 0.6) is 5.75 Å². The molecule has 0 spiro atoms. The lowest BCUT2D eigenvalue weighted by atomic mass is 10.1. The van der Waals surface area contributed by atoms with E-state index in [9.17, 15) is 9.50 Å². The van der Waals surface area contributed by atoms with Crippen LogP contribution in [0.1, 0.15) is 23.6 Å². The third-order valence-electron chi connectivity index (χ3n) is 3.12. The molecule has 3 aromatic rings. The first kappa shape index (κ1) is 14.0. The quantitative estimate of drug-likeness (QED) is 0.790. The Bertz CT molecular complexity index is 737. The molecular weight excluding hydrogens is 289 g/mol. The highest BCUT2D eigenvalue weighted by Gasteiger charge is 2.11. The highest BCUT2D eigenvalue weighted by atomic mass is 32.1.